The smallest absolute Gasteiger partial charge is 0.416 e. The van der Waals surface area contributed by atoms with Gasteiger partial charge in [-0.25, -0.2) is 0 Å². The fourth-order valence-electron chi connectivity index (χ4n) is 6.25. The lowest BCUT2D eigenvalue weighted by Gasteiger charge is -2.43. The van der Waals surface area contributed by atoms with Gasteiger partial charge in [-0.2, -0.15) is 26.3 Å². The molecular weight excluding hydrogens is 550 g/mol. The fraction of sp³-hybridized carbons (Fsp3) is 0.567. The average Bonchev–Trinajstić information content (AvgIpc) is 3.40. The zero-order valence-corrected chi connectivity index (χ0v) is 22.7. The number of nitrogens with zero attached hydrogens (tertiary/aromatic N) is 1. The van der Waals surface area contributed by atoms with Crippen LogP contribution >= 0.6 is 0 Å². The Hall–Kier alpha value is -2.79. The summed E-state index contributed by atoms with van der Waals surface area (Å²) in [5.41, 5.74) is -1.41. The lowest BCUT2D eigenvalue weighted by molar-refractivity contribution is -0.143. The first-order valence-electron chi connectivity index (χ1n) is 14.0. The Kier molecular flexibility index (Phi) is 8.57. The summed E-state index contributed by atoms with van der Waals surface area (Å²) in [7, 11) is 0. The Morgan fingerprint density at radius 2 is 1.56 bits per heavy atom. The van der Waals surface area contributed by atoms with Gasteiger partial charge in [0.25, 0.3) is 0 Å². The molecule has 1 N–H and O–H groups in total. The Bertz CT molecular complexity index is 1200. The number of rotatable bonds is 7. The molecule has 1 amide bonds. The van der Waals surface area contributed by atoms with E-state index in [9.17, 15) is 31.1 Å². The number of hydrogen-bond acceptors (Lipinski definition) is 4. The molecule has 0 atom stereocenters. The number of halogens is 6. The molecule has 0 aliphatic carbocycles. The van der Waals surface area contributed by atoms with E-state index in [4.69, 9.17) is 9.47 Å². The van der Waals surface area contributed by atoms with Crippen LogP contribution in [0.3, 0.4) is 0 Å². The summed E-state index contributed by atoms with van der Waals surface area (Å²) in [6.07, 6.45) is -5.64. The molecule has 2 aromatic carbocycles. The topological polar surface area (TPSA) is 50.8 Å². The van der Waals surface area contributed by atoms with Gasteiger partial charge < -0.3 is 14.8 Å². The van der Waals surface area contributed by atoms with Crippen LogP contribution in [0.15, 0.2) is 36.4 Å². The monoisotopic (exact) mass is 584 g/mol. The number of nitrogens with one attached hydrogen (secondary N) is 1. The first-order valence-corrected chi connectivity index (χ1v) is 14.0. The fourth-order valence-corrected chi connectivity index (χ4v) is 6.25. The van der Waals surface area contributed by atoms with Crippen molar-refractivity contribution in [3.05, 3.63) is 64.2 Å². The highest BCUT2D eigenvalue weighted by Gasteiger charge is 2.43. The minimum atomic E-state index is -4.94. The third-order valence-electron chi connectivity index (χ3n) is 8.58. The Morgan fingerprint density at radius 1 is 0.902 bits per heavy atom. The molecule has 224 valence electrons. The van der Waals surface area contributed by atoms with E-state index in [0.29, 0.717) is 64.3 Å². The van der Waals surface area contributed by atoms with Crippen LogP contribution in [0.1, 0.15) is 59.9 Å². The van der Waals surface area contributed by atoms with Crippen molar-refractivity contribution in [1.82, 2.24) is 10.2 Å². The second-order valence-electron chi connectivity index (χ2n) is 11.5. The SMILES string of the molecule is O=C(NCc1cc(C(F)(F)F)cc(C(F)(F)F)c1)C1(CC2CCOCC2)CCN(Cc2ccc3c(c2)CCO3)CC1. The van der Waals surface area contributed by atoms with Crippen molar-refractivity contribution in [2.75, 3.05) is 32.9 Å². The van der Waals surface area contributed by atoms with Crippen molar-refractivity contribution >= 4 is 5.91 Å². The molecule has 3 aliphatic heterocycles. The molecule has 0 aromatic heterocycles. The first kappa shape index (κ1) is 29.7. The normalized spacial score (nSPS) is 20.0. The minimum absolute atomic E-state index is 0.0989. The maximum Gasteiger partial charge on any atom is 0.416 e. The minimum Gasteiger partial charge on any atom is -0.493 e. The molecule has 41 heavy (non-hydrogen) atoms. The molecule has 0 unspecified atom stereocenters. The van der Waals surface area contributed by atoms with E-state index < -0.39 is 35.4 Å². The number of alkyl halides is 6. The van der Waals surface area contributed by atoms with Crippen LogP contribution in [0.25, 0.3) is 0 Å². The quantitative estimate of drug-likeness (QED) is 0.384. The van der Waals surface area contributed by atoms with Crippen LogP contribution in [-0.4, -0.2) is 43.7 Å². The molecule has 11 heteroatoms. The first-order chi connectivity index (χ1) is 19.4. The summed E-state index contributed by atoms with van der Waals surface area (Å²) in [5, 5.41) is 2.71. The van der Waals surface area contributed by atoms with E-state index in [1.165, 1.54) is 11.1 Å². The Labute approximate surface area is 235 Å². The van der Waals surface area contributed by atoms with E-state index in [2.05, 4.69) is 16.3 Å². The summed E-state index contributed by atoms with van der Waals surface area (Å²) >= 11 is 0. The predicted octanol–water partition coefficient (Wildman–Crippen LogP) is 6.37. The van der Waals surface area contributed by atoms with Gasteiger partial charge in [-0.3, -0.25) is 9.69 Å². The van der Waals surface area contributed by atoms with E-state index in [1.54, 1.807) is 0 Å². The van der Waals surface area contributed by atoms with Crippen molar-refractivity contribution < 1.29 is 40.6 Å². The molecule has 0 spiro atoms. The van der Waals surface area contributed by atoms with Gasteiger partial charge in [-0.15, -0.1) is 0 Å². The lowest BCUT2D eigenvalue weighted by atomic mass is 9.70. The summed E-state index contributed by atoms with van der Waals surface area (Å²) in [6.45, 7) is 3.54. The zero-order valence-electron chi connectivity index (χ0n) is 22.7. The van der Waals surface area contributed by atoms with Crippen molar-refractivity contribution in [3.63, 3.8) is 0 Å². The molecule has 2 fully saturated rings. The number of ether oxygens (including phenoxy) is 2. The summed E-state index contributed by atoms with van der Waals surface area (Å²) < 4.78 is 91.0. The summed E-state index contributed by atoms with van der Waals surface area (Å²) in [4.78, 5) is 16.0. The molecule has 3 heterocycles. The van der Waals surface area contributed by atoms with Gasteiger partial charge in [-0.1, -0.05) is 12.1 Å². The number of hydrogen-bond donors (Lipinski definition) is 1. The molecule has 5 nitrogen and oxygen atoms in total. The second-order valence-corrected chi connectivity index (χ2v) is 11.5. The molecule has 2 aromatic rings. The third kappa shape index (κ3) is 7.17. The maximum absolute atomic E-state index is 13.7. The van der Waals surface area contributed by atoms with Gasteiger partial charge in [-0.05, 0) is 92.1 Å². The molecule has 0 radical (unpaired) electrons. The van der Waals surface area contributed by atoms with Gasteiger partial charge in [0.15, 0.2) is 0 Å². The third-order valence-corrected chi connectivity index (χ3v) is 8.58. The zero-order chi connectivity index (χ0) is 29.3. The summed E-state index contributed by atoms with van der Waals surface area (Å²) in [6, 6.07) is 7.63. The van der Waals surface area contributed by atoms with Crippen LogP contribution in [-0.2, 0) is 41.4 Å². The van der Waals surface area contributed by atoms with Gasteiger partial charge in [0, 0.05) is 32.7 Å². The van der Waals surface area contributed by atoms with Crippen LogP contribution in [0, 0.1) is 11.3 Å². The molecule has 5 rings (SSSR count). The highest BCUT2D eigenvalue weighted by atomic mass is 19.4. The standard InChI is InChI=1S/C30H34F6N2O3/c31-29(32,33)24-14-22(15-25(16-24)30(34,35)36)18-37-27(39)28(17-20-3-10-40-11-4-20)6-8-38(9-7-28)19-21-1-2-26-23(13-21)5-12-41-26/h1-2,13-16,20H,3-12,17-19H2,(H,37,39). The van der Waals surface area contributed by atoms with Crippen molar-refractivity contribution in [2.45, 2.75) is 64.0 Å². The number of amides is 1. The lowest BCUT2D eigenvalue weighted by Crippen LogP contribution is -2.49. The summed E-state index contributed by atoms with van der Waals surface area (Å²) in [5.74, 6) is 0.870. The maximum atomic E-state index is 13.7. The number of carbonyl (C=O) groups excluding carboxylic acids is 1. The van der Waals surface area contributed by atoms with Gasteiger partial charge >= 0.3 is 12.4 Å². The molecule has 0 bridgehead atoms. The van der Waals surface area contributed by atoms with Gasteiger partial charge in [0.2, 0.25) is 5.91 Å². The van der Waals surface area contributed by atoms with E-state index in [1.807, 2.05) is 12.1 Å². The van der Waals surface area contributed by atoms with Crippen LogP contribution in [0.4, 0.5) is 26.3 Å². The van der Waals surface area contributed by atoms with Crippen molar-refractivity contribution in [1.29, 1.82) is 0 Å². The largest absolute Gasteiger partial charge is 0.493 e. The van der Waals surface area contributed by atoms with Crippen molar-refractivity contribution in [2.24, 2.45) is 11.3 Å². The Morgan fingerprint density at radius 3 is 2.20 bits per heavy atom. The molecular formula is C30H34F6N2O3. The molecule has 2 saturated heterocycles. The van der Waals surface area contributed by atoms with Gasteiger partial charge in [0.05, 0.1) is 23.1 Å². The average molecular weight is 585 g/mol. The predicted molar refractivity (Wildman–Crippen MR) is 139 cm³/mol. The van der Waals surface area contributed by atoms with E-state index in [-0.39, 0.29) is 23.5 Å². The molecule has 3 aliphatic rings. The van der Waals surface area contributed by atoms with Crippen LogP contribution < -0.4 is 10.1 Å². The number of carbonyl (C=O) groups is 1. The van der Waals surface area contributed by atoms with Crippen molar-refractivity contribution in [3.8, 4) is 5.75 Å². The van der Waals surface area contributed by atoms with Gasteiger partial charge in [0.1, 0.15) is 5.75 Å². The molecule has 0 saturated carbocycles. The highest BCUT2D eigenvalue weighted by Crippen LogP contribution is 2.42. The second kappa shape index (κ2) is 11.8. The number of likely N-dealkylation sites (tertiary alicyclic amines) is 1. The van der Waals surface area contributed by atoms with E-state index in [0.717, 1.165) is 31.6 Å². The van der Waals surface area contributed by atoms with E-state index >= 15 is 0 Å². The van der Waals surface area contributed by atoms with Crippen LogP contribution in [0.5, 0.6) is 5.75 Å². The number of piperidine rings is 1. The Balaban J connectivity index is 1.29. The number of benzene rings is 2. The highest BCUT2D eigenvalue weighted by molar-refractivity contribution is 5.82. The van der Waals surface area contributed by atoms with Crippen LogP contribution in [0.2, 0.25) is 0 Å². The number of fused-ring (bicyclic) bond motifs is 1.